The summed E-state index contributed by atoms with van der Waals surface area (Å²) < 4.78 is 29.0. The van der Waals surface area contributed by atoms with Crippen LogP contribution in [0.1, 0.15) is 29.9 Å². The number of carboxylic acid groups (broad SMARTS) is 1. The molecule has 0 aliphatic rings. The number of sulfonamides is 1. The van der Waals surface area contributed by atoms with Crippen molar-refractivity contribution < 1.29 is 23.1 Å². The molecule has 10 heteroatoms. The minimum absolute atomic E-state index is 0.00231. The number of hydrogen-bond donors (Lipinski definition) is 3. The second-order valence-corrected chi connectivity index (χ2v) is 7.81. The largest absolute Gasteiger partial charge is 0.479 e. The Morgan fingerprint density at radius 1 is 1.19 bits per heavy atom. The van der Waals surface area contributed by atoms with Crippen molar-refractivity contribution in [2.24, 2.45) is 7.05 Å². The normalized spacial score (nSPS) is 13.8. The summed E-state index contributed by atoms with van der Waals surface area (Å²) in [6.45, 7) is 4.51. The maximum absolute atomic E-state index is 12.6. The van der Waals surface area contributed by atoms with Gasteiger partial charge in [-0.15, -0.1) is 0 Å². The van der Waals surface area contributed by atoms with Gasteiger partial charge in [0.2, 0.25) is 15.9 Å². The van der Waals surface area contributed by atoms with Gasteiger partial charge in [-0.1, -0.05) is 30.3 Å². The van der Waals surface area contributed by atoms with Gasteiger partial charge < -0.3 is 10.4 Å². The summed E-state index contributed by atoms with van der Waals surface area (Å²) in [4.78, 5) is 23.9. The summed E-state index contributed by atoms with van der Waals surface area (Å²) in [5.74, 6) is -2.00. The lowest BCUT2D eigenvalue weighted by atomic mass is 10.1. The summed E-state index contributed by atoms with van der Waals surface area (Å²) in [5.41, 5.74) is 1.12. The highest BCUT2D eigenvalue weighted by Gasteiger charge is 2.30. The molecule has 9 nitrogen and oxygen atoms in total. The Bertz CT molecular complexity index is 953. The van der Waals surface area contributed by atoms with Gasteiger partial charge >= 0.3 is 5.97 Å². The average Bonchev–Trinajstić information content (AvgIpc) is 2.85. The molecule has 0 spiro atoms. The van der Waals surface area contributed by atoms with Crippen LogP contribution in [-0.2, 0) is 26.7 Å². The molecule has 1 amide bonds. The van der Waals surface area contributed by atoms with Crippen LogP contribution < -0.4 is 10.0 Å². The van der Waals surface area contributed by atoms with Crippen molar-refractivity contribution in [1.82, 2.24) is 19.8 Å². The first-order valence-electron chi connectivity index (χ1n) is 8.15. The summed E-state index contributed by atoms with van der Waals surface area (Å²) in [6, 6.07) is 5.69. The van der Waals surface area contributed by atoms with Crippen molar-refractivity contribution in [2.45, 2.75) is 37.8 Å². The summed E-state index contributed by atoms with van der Waals surface area (Å²) in [7, 11) is -2.39. The van der Waals surface area contributed by atoms with Gasteiger partial charge in [-0.25, -0.2) is 13.2 Å². The van der Waals surface area contributed by atoms with Crippen LogP contribution in [0.15, 0.2) is 35.2 Å². The average molecular weight is 394 g/mol. The highest BCUT2D eigenvalue weighted by atomic mass is 32.2. The third-order valence-electron chi connectivity index (χ3n) is 4.10. The van der Waals surface area contributed by atoms with Crippen LogP contribution in [0.4, 0.5) is 0 Å². The minimum Gasteiger partial charge on any atom is -0.479 e. The van der Waals surface area contributed by atoms with Crippen LogP contribution in [0, 0.1) is 13.8 Å². The maximum atomic E-state index is 12.6. The van der Waals surface area contributed by atoms with E-state index in [1.54, 1.807) is 51.2 Å². The number of aryl methyl sites for hydroxylation is 2. The van der Waals surface area contributed by atoms with E-state index in [1.807, 2.05) is 0 Å². The van der Waals surface area contributed by atoms with E-state index in [0.717, 1.165) is 0 Å². The fraction of sp³-hybridized carbons (Fsp3) is 0.353. The number of aliphatic carboxylic acids is 1. The number of nitrogens with one attached hydrogen (secondary N) is 2. The zero-order valence-electron chi connectivity index (χ0n) is 15.4. The topological polar surface area (TPSA) is 130 Å². The molecule has 1 aromatic carbocycles. The van der Waals surface area contributed by atoms with E-state index < -0.39 is 34.0 Å². The lowest BCUT2D eigenvalue weighted by Crippen LogP contribution is -2.47. The SMILES string of the molecule is Cc1nn(C)c(C)c1S(=O)(=O)NC(C)C(=O)N[C@@H](C(=O)O)c1ccccc1. The number of amides is 1. The van der Waals surface area contributed by atoms with Gasteiger partial charge in [-0.3, -0.25) is 9.48 Å². The highest BCUT2D eigenvalue weighted by Crippen LogP contribution is 2.19. The van der Waals surface area contributed by atoms with Gasteiger partial charge in [-0.05, 0) is 26.3 Å². The molecule has 0 aliphatic carbocycles. The molecule has 1 heterocycles. The van der Waals surface area contributed by atoms with Crippen LogP contribution in [0.3, 0.4) is 0 Å². The van der Waals surface area contributed by atoms with Crippen molar-refractivity contribution in [3.63, 3.8) is 0 Å². The Kier molecular flexibility index (Phi) is 6.01. The number of benzene rings is 1. The van der Waals surface area contributed by atoms with Gasteiger partial charge in [0.15, 0.2) is 6.04 Å². The van der Waals surface area contributed by atoms with E-state index in [-0.39, 0.29) is 4.90 Å². The molecule has 1 aromatic heterocycles. The molecule has 3 N–H and O–H groups in total. The first kappa shape index (κ1) is 20.6. The molecule has 2 aromatic rings. The molecule has 27 heavy (non-hydrogen) atoms. The zero-order valence-corrected chi connectivity index (χ0v) is 16.2. The number of rotatable bonds is 7. The van der Waals surface area contributed by atoms with Gasteiger partial charge in [0.25, 0.3) is 0 Å². The molecule has 1 unspecified atom stereocenters. The Labute approximate surface area is 157 Å². The lowest BCUT2D eigenvalue weighted by Gasteiger charge is -2.19. The number of hydrogen-bond acceptors (Lipinski definition) is 5. The van der Waals surface area contributed by atoms with Crippen LogP contribution in [0.5, 0.6) is 0 Å². The molecule has 2 atom stereocenters. The van der Waals surface area contributed by atoms with Crippen molar-refractivity contribution in [2.75, 3.05) is 0 Å². The predicted molar refractivity (Wildman–Crippen MR) is 97.4 cm³/mol. The Morgan fingerprint density at radius 2 is 1.78 bits per heavy atom. The first-order chi connectivity index (χ1) is 12.5. The summed E-state index contributed by atoms with van der Waals surface area (Å²) in [5, 5.41) is 15.8. The fourth-order valence-corrected chi connectivity index (χ4v) is 4.33. The van der Waals surface area contributed by atoms with Gasteiger partial charge in [0.05, 0.1) is 17.4 Å². The van der Waals surface area contributed by atoms with Gasteiger partial charge in [0, 0.05) is 7.05 Å². The molecule has 0 aliphatic heterocycles. The lowest BCUT2D eigenvalue weighted by molar-refractivity contribution is -0.142. The summed E-state index contributed by atoms with van der Waals surface area (Å²) in [6.07, 6.45) is 0. The minimum atomic E-state index is -4.01. The molecule has 146 valence electrons. The van der Waals surface area contributed by atoms with Crippen molar-refractivity contribution in [3.8, 4) is 0 Å². The number of aromatic nitrogens is 2. The van der Waals surface area contributed by atoms with Crippen molar-refractivity contribution in [1.29, 1.82) is 0 Å². The Morgan fingerprint density at radius 3 is 2.26 bits per heavy atom. The maximum Gasteiger partial charge on any atom is 0.330 e. The smallest absolute Gasteiger partial charge is 0.330 e. The molecule has 0 bridgehead atoms. The van der Waals surface area contributed by atoms with Crippen LogP contribution >= 0.6 is 0 Å². The van der Waals surface area contributed by atoms with Crippen molar-refractivity contribution in [3.05, 3.63) is 47.3 Å². The van der Waals surface area contributed by atoms with E-state index in [0.29, 0.717) is 17.0 Å². The molecule has 0 saturated heterocycles. The number of carboxylic acids is 1. The fourth-order valence-electron chi connectivity index (χ4n) is 2.69. The Balaban J connectivity index is 2.18. The van der Waals surface area contributed by atoms with E-state index in [1.165, 1.54) is 11.6 Å². The van der Waals surface area contributed by atoms with E-state index in [9.17, 15) is 23.1 Å². The quantitative estimate of drug-likeness (QED) is 0.632. The van der Waals surface area contributed by atoms with Gasteiger partial charge in [-0.2, -0.15) is 9.82 Å². The molecular formula is C17H22N4O5S. The van der Waals surface area contributed by atoms with Gasteiger partial charge in [0.1, 0.15) is 4.90 Å². The first-order valence-corrected chi connectivity index (χ1v) is 9.63. The second kappa shape index (κ2) is 7.89. The number of nitrogens with zero attached hydrogens (tertiary/aromatic N) is 2. The van der Waals surface area contributed by atoms with Crippen LogP contribution in [-0.4, -0.2) is 41.2 Å². The molecule has 0 radical (unpaired) electrons. The van der Waals surface area contributed by atoms with E-state index >= 15 is 0 Å². The van der Waals surface area contributed by atoms with Crippen LogP contribution in [0.2, 0.25) is 0 Å². The third kappa shape index (κ3) is 4.52. The van der Waals surface area contributed by atoms with E-state index in [4.69, 9.17) is 0 Å². The highest BCUT2D eigenvalue weighted by molar-refractivity contribution is 7.89. The molecule has 2 rings (SSSR count). The van der Waals surface area contributed by atoms with Crippen molar-refractivity contribution >= 4 is 21.9 Å². The number of carbonyl (C=O) groups is 2. The van der Waals surface area contributed by atoms with Crippen LogP contribution in [0.25, 0.3) is 0 Å². The Hall–Kier alpha value is -2.72. The molecule has 0 fully saturated rings. The second-order valence-electron chi connectivity index (χ2n) is 6.16. The standard InChI is InChI=1S/C17H22N4O5S/c1-10-15(12(3)21(4)19-10)27(25,26)20-11(2)16(22)18-14(17(23)24)13-8-6-5-7-9-13/h5-9,11,14,20H,1-4H3,(H,18,22)(H,23,24)/t11?,14-/m1/s1. The predicted octanol–water partition coefficient (Wildman–Crippen LogP) is 0.646. The molecule has 0 saturated carbocycles. The zero-order chi connectivity index (χ0) is 20.4. The monoisotopic (exact) mass is 394 g/mol. The third-order valence-corrected chi connectivity index (χ3v) is 5.90. The number of carbonyl (C=O) groups excluding carboxylic acids is 1. The summed E-state index contributed by atoms with van der Waals surface area (Å²) >= 11 is 0. The van der Waals surface area contributed by atoms with E-state index in [2.05, 4.69) is 15.1 Å². The molecular weight excluding hydrogens is 372 g/mol.